The highest BCUT2D eigenvalue weighted by molar-refractivity contribution is 5.95. The van der Waals surface area contributed by atoms with E-state index in [0.717, 1.165) is 74.5 Å². The number of imidazole rings is 1. The molecule has 0 unspecified atom stereocenters. The highest BCUT2D eigenvalue weighted by Gasteiger charge is 2.35. The predicted molar refractivity (Wildman–Crippen MR) is 165 cm³/mol. The van der Waals surface area contributed by atoms with Gasteiger partial charge in [-0.3, -0.25) is 9.36 Å². The Kier molecular flexibility index (Phi) is 5.23. The van der Waals surface area contributed by atoms with E-state index < -0.39 is 0 Å². The SMILES string of the molecule is COc1nn(-c2cnn(C)c2)cc1-n1cc2c(-c3nc(-c4cc5cn(C)nc5nc4C4CC4)n(C)c3C3CC3)cccc2n1. The van der Waals surface area contributed by atoms with E-state index in [9.17, 15) is 0 Å². The van der Waals surface area contributed by atoms with E-state index in [1.165, 1.54) is 18.5 Å². The van der Waals surface area contributed by atoms with E-state index in [4.69, 9.17) is 19.8 Å². The van der Waals surface area contributed by atoms with Gasteiger partial charge in [-0.05, 0) is 37.8 Å². The largest absolute Gasteiger partial charge is 0.478 e. The third-order valence-corrected chi connectivity index (χ3v) is 8.81. The van der Waals surface area contributed by atoms with Gasteiger partial charge >= 0.3 is 0 Å². The van der Waals surface area contributed by atoms with Crippen molar-refractivity contribution in [3.63, 3.8) is 0 Å². The normalized spacial score (nSPS) is 15.2. The lowest BCUT2D eigenvalue weighted by Crippen LogP contribution is -2.01. The van der Waals surface area contributed by atoms with Gasteiger partial charge in [-0.2, -0.15) is 15.3 Å². The number of hydrogen-bond donors (Lipinski definition) is 0. The molecule has 44 heavy (non-hydrogen) atoms. The van der Waals surface area contributed by atoms with E-state index in [2.05, 4.69) is 51.3 Å². The maximum absolute atomic E-state index is 5.67. The minimum absolute atomic E-state index is 0.463. The summed E-state index contributed by atoms with van der Waals surface area (Å²) in [6.45, 7) is 0. The van der Waals surface area contributed by atoms with Crippen molar-refractivity contribution in [2.75, 3.05) is 7.11 Å². The predicted octanol–water partition coefficient (Wildman–Crippen LogP) is 5.06. The van der Waals surface area contributed by atoms with Crippen molar-refractivity contribution in [1.29, 1.82) is 0 Å². The fraction of sp³-hybridized carbons (Fsp3) is 0.312. The molecule has 0 radical (unpaired) electrons. The molecule has 0 amide bonds. The van der Waals surface area contributed by atoms with E-state index >= 15 is 0 Å². The first kappa shape index (κ1) is 25.3. The summed E-state index contributed by atoms with van der Waals surface area (Å²) in [7, 11) is 7.61. The van der Waals surface area contributed by atoms with Crippen LogP contribution in [0.3, 0.4) is 0 Å². The molecule has 2 aliphatic rings. The molecule has 12 heteroatoms. The number of hydrogen-bond acceptors (Lipinski definition) is 7. The summed E-state index contributed by atoms with van der Waals surface area (Å²) < 4.78 is 15.2. The maximum Gasteiger partial charge on any atom is 0.259 e. The smallest absolute Gasteiger partial charge is 0.259 e. The zero-order valence-electron chi connectivity index (χ0n) is 25.0. The third kappa shape index (κ3) is 3.90. The summed E-state index contributed by atoms with van der Waals surface area (Å²) in [6.07, 6.45) is 14.3. The molecule has 220 valence electrons. The minimum atomic E-state index is 0.463. The van der Waals surface area contributed by atoms with Crippen LogP contribution in [-0.4, -0.2) is 60.8 Å². The zero-order valence-corrected chi connectivity index (χ0v) is 25.0. The van der Waals surface area contributed by atoms with Crippen LogP contribution in [0.15, 0.2) is 55.2 Å². The molecule has 0 atom stereocenters. The average Bonchev–Trinajstić information content (AvgIpc) is 3.78. The summed E-state index contributed by atoms with van der Waals surface area (Å²) in [6, 6.07) is 8.50. The Bertz CT molecular complexity index is 2230. The summed E-state index contributed by atoms with van der Waals surface area (Å²) in [5.41, 5.74) is 8.85. The van der Waals surface area contributed by atoms with Crippen LogP contribution in [0, 0.1) is 0 Å². The van der Waals surface area contributed by atoms with Gasteiger partial charge in [0.2, 0.25) is 0 Å². The van der Waals surface area contributed by atoms with Gasteiger partial charge in [0.05, 0.1) is 42.6 Å². The van der Waals surface area contributed by atoms with Crippen molar-refractivity contribution in [3.05, 3.63) is 66.6 Å². The van der Waals surface area contributed by atoms with Crippen LogP contribution in [-0.2, 0) is 21.1 Å². The van der Waals surface area contributed by atoms with Crippen LogP contribution in [0.5, 0.6) is 5.88 Å². The van der Waals surface area contributed by atoms with Crippen molar-refractivity contribution in [3.8, 4) is 39.9 Å². The van der Waals surface area contributed by atoms with E-state index in [-0.39, 0.29) is 0 Å². The first-order valence-corrected chi connectivity index (χ1v) is 15.0. The van der Waals surface area contributed by atoms with Crippen LogP contribution in [0.1, 0.15) is 48.9 Å². The van der Waals surface area contributed by atoms with Crippen LogP contribution in [0.25, 0.3) is 56.0 Å². The molecule has 7 aromatic rings. The maximum atomic E-state index is 5.67. The first-order chi connectivity index (χ1) is 21.4. The molecule has 6 aromatic heterocycles. The number of fused-ring (bicyclic) bond motifs is 2. The molecule has 1 aromatic carbocycles. The molecule has 0 bridgehead atoms. The number of pyridine rings is 1. The second kappa shape index (κ2) is 9.12. The lowest BCUT2D eigenvalue weighted by molar-refractivity contribution is 0.392. The first-order valence-electron chi connectivity index (χ1n) is 15.0. The highest BCUT2D eigenvalue weighted by atomic mass is 16.5. The molecule has 0 N–H and O–H groups in total. The van der Waals surface area contributed by atoms with E-state index in [0.29, 0.717) is 17.7 Å². The van der Waals surface area contributed by atoms with Gasteiger partial charge in [-0.25, -0.2) is 19.3 Å². The highest BCUT2D eigenvalue weighted by Crippen LogP contribution is 2.49. The third-order valence-electron chi connectivity index (χ3n) is 8.81. The summed E-state index contributed by atoms with van der Waals surface area (Å²) in [5, 5.41) is 20.5. The zero-order chi connectivity index (χ0) is 29.7. The topological polar surface area (TPSA) is 111 Å². The summed E-state index contributed by atoms with van der Waals surface area (Å²) >= 11 is 0. The standard InChI is InChI=1S/C32H31N11O/c1-39-15-21(13-33-39)42-17-26(32(38-42)44-4)43-16-24-22(6-5-7-25(24)36-43)28-29(19-10-11-19)41(3)31(35-28)23-12-20-14-40(2)37-30(20)34-27(23)18-8-9-18/h5-7,12-19H,8-11H2,1-4H3. The number of methoxy groups -OCH3 is 1. The quantitative estimate of drug-likeness (QED) is 0.257. The Morgan fingerprint density at radius 3 is 2.41 bits per heavy atom. The fourth-order valence-corrected chi connectivity index (χ4v) is 6.39. The Labute approximate surface area is 252 Å². The van der Waals surface area contributed by atoms with Crippen LogP contribution >= 0.6 is 0 Å². The Balaban J connectivity index is 1.20. The van der Waals surface area contributed by atoms with E-state index in [1.54, 1.807) is 22.7 Å². The van der Waals surface area contributed by atoms with Gasteiger partial charge < -0.3 is 9.30 Å². The molecule has 2 saturated carbocycles. The van der Waals surface area contributed by atoms with Gasteiger partial charge in [0.15, 0.2) is 5.65 Å². The number of aryl methyl sites for hydroxylation is 2. The van der Waals surface area contributed by atoms with Crippen molar-refractivity contribution in [2.24, 2.45) is 21.1 Å². The number of benzene rings is 1. The van der Waals surface area contributed by atoms with Crippen LogP contribution < -0.4 is 4.74 Å². The molecule has 0 spiro atoms. The molecule has 9 rings (SSSR count). The number of ether oxygens (including phenoxy) is 1. The second-order valence-corrected chi connectivity index (χ2v) is 12.1. The lowest BCUT2D eigenvalue weighted by Gasteiger charge is -2.10. The second-order valence-electron chi connectivity index (χ2n) is 12.1. The van der Waals surface area contributed by atoms with Gasteiger partial charge in [-0.15, -0.1) is 5.10 Å². The van der Waals surface area contributed by atoms with Crippen LogP contribution in [0.4, 0.5) is 0 Å². The van der Waals surface area contributed by atoms with Gasteiger partial charge in [0.25, 0.3) is 5.88 Å². The Morgan fingerprint density at radius 1 is 0.818 bits per heavy atom. The minimum Gasteiger partial charge on any atom is -0.478 e. The van der Waals surface area contributed by atoms with Crippen molar-refractivity contribution >= 4 is 21.9 Å². The Morgan fingerprint density at radius 2 is 1.66 bits per heavy atom. The molecule has 12 nitrogen and oxygen atoms in total. The fourth-order valence-electron chi connectivity index (χ4n) is 6.39. The molecular weight excluding hydrogens is 554 g/mol. The number of aromatic nitrogens is 11. The molecular formula is C32H31N11O. The van der Waals surface area contributed by atoms with E-state index in [1.807, 2.05) is 48.1 Å². The lowest BCUT2D eigenvalue weighted by atomic mass is 10.0. The number of nitrogens with zero attached hydrogens (tertiary/aromatic N) is 11. The van der Waals surface area contributed by atoms with Crippen molar-refractivity contribution in [1.82, 2.24) is 53.7 Å². The molecule has 0 saturated heterocycles. The summed E-state index contributed by atoms with van der Waals surface area (Å²) in [5.74, 6) is 2.39. The van der Waals surface area contributed by atoms with Gasteiger partial charge in [0.1, 0.15) is 17.2 Å². The van der Waals surface area contributed by atoms with Gasteiger partial charge in [0, 0.05) is 73.0 Å². The molecule has 2 fully saturated rings. The van der Waals surface area contributed by atoms with Gasteiger partial charge in [-0.1, -0.05) is 12.1 Å². The van der Waals surface area contributed by atoms with Crippen molar-refractivity contribution < 1.29 is 4.74 Å². The molecule has 2 aliphatic carbocycles. The Hall–Kier alpha value is -5.26. The number of rotatable bonds is 7. The van der Waals surface area contributed by atoms with Crippen molar-refractivity contribution in [2.45, 2.75) is 37.5 Å². The average molecular weight is 586 g/mol. The molecule has 0 aliphatic heterocycles. The summed E-state index contributed by atoms with van der Waals surface area (Å²) in [4.78, 5) is 10.5. The monoisotopic (exact) mass is 585 g/mol. The molecule has 6 heterocycles. The van der Waals surface area contributed by atoms with Crippen LogP contribution in [0.2, 0.25) is 0 Å².